The fourth-order valence-corrected chi connectivity index (χ4v) is 3.63. The zero-order valence-electron chi connectivity index (χ0n) is 11.5. The van der Waals surface area contributed by atoms with E-state index in [0.29, 0.717) is 11.4 Å². The van der Waals surface area contributed by atoms with Crippen LogP contribution < -0.4 is 4.72 Å². The summed E-state index contributed by atoms with van der Waals surface area (Å²) < 4.78 is 26.9. The minimum absolute atomic E-state index is 0.0360. The molecule has 9 heteroatoms. The van der Waals surface area contributed by atoms with Gasteiger partial charge >= 0.3 is 0 Å². The van der Waals surface area contributed by atoms with Crippen LogP contribution >= 0.6 is 11.3 Å². The van der Waals surface area contributed by atoms with Crippen LogP contribution in [0.15, 0.2) is 53.0 Å². The van der Waals surface area contributed by atoms with Crippen LogP contribution in [0.25, 0.3) is 11.4 Å². The third kappa shape index (κ3) is 3.33. The first-order chi connectivity index (χ1) is 11.1. The molecule has 3 aromatic rings. The van der Waals surface area contributed by atoms with Gasteiger partial charge in [0.15, 0.2) is 5.13 Å². The molecule has 0 amide bonds. The van der Waals surface area contributed by atoms with E-state index >= 15 is 0 Å². The molecule has 23 heavy (non-hydrogen) atoms. The summed E-state index contributed by atoms with van der Waals surface area (Å²) in [7, 11) is -3.80. The SMILES string of the molecule is N#Cc1ccc(S(=O)(=O)Nc2nc(-c3ccccn3)cs2)cn1. The number of sulfonamides is 1. The highest BCUT2D eigenvalue weighted by atomic mass is 32.2. The molecule has 0 unspecified atom stereocenters. The molecule has 0 spiro atoms. The zero-order valence-corrected chi connectivity index (χ0v) is 13.2. The van der Waals surface area contributed by atoms with E-state index in [1.807, 2.05) is 12.1 Å². The summed E-state index contributed by atoms with van der Waals surface area (Å²) in [4.78, 5) is 12.1. The topological polar surface area (TPSA) is 109 Å². The van der Waals surface area contributed by atoms with Gasteiger partial charge in [-0.05, 0) is 24.3 Å². The number of anilines is 1. The fourth-order valence-electron chi connectivity index (χ4n) is 1.73. The molecule has 0 aromatic carbocycles. The molecular formula is C14H9N5O2S2. The lowest BCUT2D eigenvalue weighted by molar-refractivity contribution is 0.601. The predicted octanol–water partition coefficient (Wildman–Crippen LogP) is 2.27. The van der Waals surface area contributed by atoms with E-state index in [1.165, 1.54) is 12.1 Å². The van der Waals surface area contributed by atoms with E-state index in [4.69, 9.17) is 5.26 Å². The van der Waals surface area contributed by atoms with Crippen LogP contribution in [0.4, 0.5) is 5.13 Å². The zero-order chi connectivity index (χ0) is 16.3. The first kappa shape index (κ1) is 15.1. The smallest absolute Gasteiger partial charge is 0.255 e. The number of nitrogens with one attached hydrogen (secondary N) is 1. The van der Waals surface area contributed by atoms with Gasteiger partial charge in [-0.3, -0.25) is 9.71 Å². The maximum atomic E-state index is 12.3. The first-order valence-corrected chi connectivity index (χ1v) is 8.71. The summed E-state index contributed by atoms with van der Waals surface area (Å²) in [5.74, 6) is 0. The van der Waals surface area contributed by atoms with Crippen LogP contribution in [0.2, 0.25) is 0 Å². The molecule has 0 saturated carbocycles. The van der Waals surface area contributed by atoms with Crippen molar-refractivity contribution in [1.29, 1.82) is 5.26 Å². The van der Waals surface area contributed by atoms with Gasteiger partial charge in [-0.2, -0.15) is 5.26 Å². The molecule has 3 aromatic heterocycles. The molecule has 114 valence electrons. The Morgan fingerprint density at radius 3 is 2.65 bits per heavy atom. The van der Waals surface area contributed by atoms with Crippen LogP contribution in [-0.4, -0.2) is 23.4 Å². The van der Waals surface area contributed by atoms with Gasteiger partial charge in [0.1, 0.15) is 22.4 Å². The number of pyridine rings is 2. The fraction of sp³-hybridized carbons (Fsp3) is 0. The summed E-state index contributed by atoms with van der Waals surface area (Å²) in [6, 6.07) is 9.90. The average molecular weight is 343 g/mol. The van der Waals surface area contributed by atoms with Crippen molar-refractivity contribution in [3.63, 3.8) is 0 Å². The molecule has 7 nitrogen and oxygen atoms in total. The van der Waals surface area contributed by atoms with Crippen LogP contribution in [0.1, 0.15) is 5.69 Å². The van der Waals surface area contributed by atoms with Crippen molar-refractivity contribution in [2.24, 2.45) is 0 Å². The van der Waals surface area contributed by atoms with Crippen molar-refractivity contribution in [2.75, 3.05) is 4.72 Å². The normalized spacial score (nSPS) is 10.9. The molecule has 0 bridgehead atoms. The largest absolute Gasteiger partial charge is 0.265 e. The molecule has 0 aliphatic rings. The first-order valence-electron chi connectivity index (χ1n) is 6.34. The Balaban J connectivity index is 1.84. The van der Waals surface area contributed by atoms with Gasteiger partial charge in [0.2, 0.25) is 0 Å². The lowest BCUT2D eigenvalue weighted by Crippen LogP contribution is -2.13. The van der Waals surface area contributed by atoms with E-state index in [1.54, 1.807) is 23.7 Å². The summed E-state index contributed by atoms with van der Waals surface area (Å²) in [5.41, 5.74) is 1.40. The molecular weight excluding hydrogens is 334 g/mol. The maximum Gasteiger partial charge on any atom is 0.265 e. The molecule has 3 rings (SSSR count). The highest BCUT2D eigenvalue weighted by Crippen LogP contribution is 2.25. The van der Waals surface area contributed by atoms with Crippen LogP contribution in [0.3, 0.4) is 0 Å². The molecule has 0 aliphatic heterocycles. The van der Waals surface area contributed by atoms with Crippen molar-refractivity contribution in [3.8, 4) is 17.5 Å². The summed E-state index contributed by atoms with van der Waals surface area (Å²) in [6.45, 7) is 0. The Morgan fingerprint density at radius 2 is 2.00 bits per heavy atom. The van der Waals surface area contributed by atoms with Gasteiger partial charge in [-0.25, -0.2) is 18.4 Å². The third-order valence-corrected chi connectivity index (χ3v) is 5.03. The van der Waals surface area contributed by atoms with Gasteiger partial charge in [-0.15, -0.1) is 11.3 Å². The van der Waals surface area contributed by atoms with Crippen molar-refractivity contribution in [2.45, 2.75) is 4.90 Å². The minimum Gasteiger partial charge on any atom is -0.255 e. The Morgan fingerprint density at radius 1 is 1.13 bits per heavy atom. The highest BCUT2D eigenvalue weighted by molar-refractivity contribution is 7.93. The van der Waals surface area contributed by atoms with Crippen molar-refractivity contribution in [3.05, 3.63) is 53.8 Å². The van der Waals surface area contributed by atoms with Gasteiger partial charge in [-0.1, -0.05) is 6.07 Å². The number of rotatable bonds is 4. The van der Waals surface area contributed by atoms with Gasteiger partial charge in [0.25, 0.3) is 10.0 Å². The number of hydrogen-bond acceptors (Lipinski definition) is 7. The quantitative estimate of drug-likeness (QED) is 0.778. The Labute approximate surface area is 136 Å². The number of thiazole rings is 1. The van der Waals surface area contributed by atoms with E-state index in [9.17, 15) is 8.42 Å². The highest BCUT2D eigenvalue weighted by Gasteiger charge is 2.17. The summed E-state index contributed by atoms with van der Waals surface area (Å²) in [5, 5.41) is 10.6. The molecule has 0 saturated heterocycles. The van der Waals surface area contributed by atoms with E-state index in [-0.39, 0.29) is 15.7 Å². The second-order valence-electron chi connectivity index (χ2n) is 4.35. The lowest BCUT2D eigenvalue weighted by Gasteiger charge is -2.04. The van der Waals surface area contributed by atoms with Gasteiger partial charge in [0, 0.05) is 17.8 Å². The lowest BCUT2D eigenvalue weighted by atomic mass is 10.3. The Kier molecular flexibility index (Phi) is 4.01. The number of hydrogen-bond donors (Lipinski definition) is 1. The molecule has 3 heterocycles. The summed E-state index contributed by atoms with van der Waals surface area (Å²) in [6.07, 6.45) is 2.77. The number of nitrogens with zero attached hydrogens (tertiary/aromatic N) is 4. The van der Waals surface area contributed by atoms with E-state index < -0.39 is 10.0 Å². The molecule has 0 radical (unpaired) electrons. The number of aromatic nitrogens is 3. The minimum atomic E-state index is -3.80. The number of nitriles is 1. The second-order valence-corrected chi connectivity index (χ2v) is 6.89. The van der Waals surface area contributed by atoms with Crippen molar-refractivity contribution in [1.82, 2.24) is 15.0 Å². The standard InChI is InChI=1S/C14H9N5O2S2/c15-7-10-4-5-11(8-17-10)23(20,21)19-14-18-13(9-22-14)12-3-1-2-6-16-12/h1-6,8-9H,(H,18,19). The third-order valence-electron chi connectivity index (χ3n) is 2.81. The van der Waals surface area contributed by atoms with E-state index in [2.05, 4.69) is 19.7 Å². The average Bonchev–Trinajstić information content (AvgIpc) is 3.03. The summed E-state index contributed by atoms with van der Waals surface area (Å²) >= 11 is 1.16. The van der Waals surface area contributed by atoms with Crippen LogP contribution in [-0.2, 0) is 10.0 Å². The maximum absolute atomic E-state index is 12.3. The van der Waals surface area contributed by atoms with Crippen molar-refractivity contribution < 1.29 is 8.42 Å². The van der Waals surface area contributed by atoms with E-state index in [0.717, 1.165) is 17.5 Å². The molecule has 1 N–H and O–H groups in total. The van der Waals surface area contributed by atoms with Crippen LogP contribution in [0, 0.1) is 11.3 Å². The van der Waals surface area contributed by atoms with Gasteiger partial charge in [0.05, 0.1) is 5.69 Å². The molecule has 0 fully saturated rings. The molecule has 0 atom stereocenters. The Bertz CT molecular complexity index is 960. The van der Waals surface area contributed by atoms with Gasteiger partial charge < -0.3 is 0 Å². The Hall–Kier alpha value is -2.83. The van der Waals surface area contributed by atoms with Crippen LogP contribution in [0.5, 0.6) is 0 Å². The van der Waals surface area contributed by atoms with Crippen molar-refractivity contribution >= 4 is 26.5 Å². The second kappa shape index (κ2) is 6.12. The predicted molar refractivity (Wildman–Crippen MR) is 85.1 cm³/mol. The monoisotopic (exact) mass is 343 g/mol. The molecule has 0 aliphatic carbocycles.